The molecule has 2 amide bonds. The number of halogens is 2. The minimum absolute atomic E-state index is 0.00162. The SMILES string of the molecule is C[C@@H]1CC[C@H](C(N)=O)CN1C(=O)/C=C\c1ccccc1OC(F)F. The highest BCUT2D eigenvalue weighted by Crippen LogP contribution is 2.24. The Morgan fingerprint density at radius 1 is 1.33 bits per heavy atom. The Balaban J connectivity index is 2.11. The Kier molecular flexibility index (Phi) is 5.89. The molecular weight excluding hydrogens is 318 g/mol. The van der Waals surface area contributed by atoms with Crippen molar-refractivity contribution in [2.75, 3.05) is 6.54 Å². The van der Waals surface area contributed by atoms with E-state index in [0.29, 0.717) is 18.4 Å². The molecule has 0 spiro atoms. The van der Waals surface area contributed by atoms with Gasteiger partial charge in [0.25, 0.3) is 0 Å². The Morgan fingerprint density at radius 3 is 2.71 bits per heavy atom. The second kappa shape index (κ2) is 7.90. The van der Waals surface area contributed by atoms with Crippen LogP contribution in [-0.2, 0) is 9.59 Å². The predicted molar refractivity (Wildman–Crippen MR) is 85.2 cm³/mol. The van der Waals surface area contributed by atoms with E-state index < -0.39 is 12.5 Å². The summed E-state index contributed by atoms with van der Waals surface area (Å²) < 4.78 is 29.2. The number of alkyl halides is 2. The summed E-state index contributed by atoms with van der Waals surface area (Å²) in [6, 6.07) is 6.21. The van der Waals surface area contributed by atoms with Crippen molar-refractivity contribution in [3.05, 3.63) is 35.9 Å². The van der Waals surface area contributed by atoms with Crippen LogP contribution in [0.3, 0.4) is 0 Å². The Bertz CT molecular complexity index is 634. The molecule has 130 valence electrons. The first kappa shape index (κ1) is 17.9. The number of piperidine rings is 1. The lowest BCUT2D eigenvalue weighted by Gasteiger charge is -2.36. The van der Waals surface area contributed by atoms with E-state index in [1.54, 1.807) is 23.1 Å². The van der Waals surface area contributed by atoms with Crippen molar-refractivity contribution in [3.8, 4) is 5.75 Å². The second-order valence-electron chi connectivity index (χ2n) is 5.77. The fourth-order valence-corrected chi connectivity index (χ4v) is 2.72. The molecule has 1 aliphatic rings. The van der Waals surface area contributed by atoms with E-state index in [2.05, 4.69) is 4.74 Å². The number of amides is 2. The molecule has 1 aromatic carbocycles. The van der Waals surface area contributed by atoms with Crippen molar-refractivity contribution >= 4 is 17.9 Å². The quantitative estimate of drug-likeness (QED) is 0.838. The highest BCUT2D eigenvalue weighted by Gasteiger charge is 2.30. The molecule has 0 radical (unpaired) electrons. The third-order valence-corrected chi connectivity index (χ3v) is 4.11. The minimum atomic E-state index is -2.94. The first-order valence-electron chi connectivity index (χ1n) is 7.70. The molecule has 1 heterocycles. The summed E-state index contributed by atoms with van der Waals surface area (Å²) in [7, 11) is 0. The number of hydrogen-bond donors (Lipinski definition) is 1. The van der Waals surface area contributed by atoms with Gasteiger partial charge in [-0.05, 0) is 31.9 Å². The van der Waals surface area contributed by atoms with Crippen molar-refractivity contribution in [2.45, 2.75) is 32.4 Å². The average Bonchev–Trinajstić information content (AvgIpc) is 2.53. The monoisotopic (exact) mass is 338 g/mol. The first-order chi connectivity index (χ1) is 11.4. The smallest absolute Gasteiger partial charge is 0.387 e. The standard InChI is InChI=1S/C17H20F2N2O3/c1-11-6-7-13(16(20)23)10-21(11)15(22)9-8-12-4-2-3-5-14(12)24-17(18)19/h2-5,8-9,11,13,17H,6-7,10H2,1H3,(H2,20,23)/b9-8-/t11-,13+/m1/s1. The summed E-state index contributed by atoms with van der Waals surface area (Å²) >= 11 is 0. The molecule has 7 heteroatoms. The molecule has 0 bridgehead atoms. The summed E-state index contributed by atoms with van der Waals surface area (Å²) in [6.07, 6.45) is 4.08. The molecule has 1 fully saturated rings. The number of primary amides is 1. The van der Waals surface area contributed by atoms with Crippen molar-refractivity contribution in [1.82, 2.24) is 4.90 Å². The number of ether oxygens (including phenoxy) is 1. The predicted octanol–water partition coefficient (Wildman–Crippen LogP) is 2.41. The maximum Gasteiger partial charge on any atom is 0.387 e. The highest BCUT2D eigenvalue weighted by atomic mass is 19.3. The van der Waals surface area contributed by atoms with Crippen LogP contribution in [0.5, 0.6) is 5.75 Å². The molecule has 1 aromatic rings. The normalized spacial score (nSPS) is 21.2. The zero-order valence-corrected chi connectivity index (χ0v) is 13.3. The summed E-state index contributed by atoms with van der Waals surface area (Å²) in [5.41, 5.74) is 5.70. The Labute approximate surface area is 139 Å². The second-order valence-corrected chi connectivity index (χ2v) is 5.77. The maximum atomic E-state index is 12.4. The van der Waals surface area contributed by atoms with Gasteiger partial charge in [-0.25, -0.2) is 0 Å². The third-order valence-electron chi connectivity index (χ3n) is 4.11. The average molecular weight is 338 g/mol. The van der Waals surface area contributed by atoms with Gasteiger partial charge in [-0.3, -0.25) is 9.59 Å². The Morgan fingerprint density at radius 2 is 2.04 bits per heavy atom. The third kappa shape index (κ3) is 4.53. The largest absolute Gasteiger partial charge is 0.434 e. The molecule has 2 rings (SSSR count). The van der Waals surface area contributed by atoms with Crippen LogP contribution in [-0.4, -0.2) is 35.9 Å². The van der Waals surface area contributed by atoms with E-state index >= 15 is 0 Å². The van der Waals surface area contributed by atoms with E-state index in [4.69, 9.17) is 5.73 Å². The summed E-state index contributed by atoms with van der Waals surface area (Å²) in [5.74, 6) is -1.06. The molecule has 2 atom stereocenters. The zero-order valence-electron chi connectivity index (χ0n) is 13.3. The fourth-order valence-electron chi connectivity index (χ4n) is 2.72. The van der Waals surface area contributed by atoms with Crippen molar-refractivity contribution < 1.29 is 23.1 Å². The highest BCUT2D eigenvalue weighted by molar-refractivity contribution is 5.93. The van der Waals surface area contributed by atoms with Crippen LogP contribution in [0.15, 0.2) is 30.3 Å². The van der Waals surface area contributed by atoms with Crippen LogP contribution in [0.1, 0.15) is 25.3 Å². The number of hydrogen-bond acceptors (Lipinski definition) is 3. The molecule has 1 aliphatic heterocycles. The number of para-hydroxylation sites is 1. The number of carbonyl (C=O) groups excluding carboxylic acids is 2. The lowest BCUT2D eigenvalue weighted by Crippen LogP contribution is -2.48. The van der Waals surface area contributed by atoms with Crippen LogP contribution in [0.2, 0.25) is 0 Å². The van der Waals surface area contributed by atoms with Gasteiger partial charge in [0.15, 0.2) is 0 Å². The molecule has 0 saturated carbocycles. The van der Waals surface area contributed by atoms with Gasteiger partial charge in [0.05, 0.1) is 5.92 Å². The molecule has 5 nitrogen and oxygen atoms in total. The van der Waals surface area contributed by atoms with Crippen LogP contribution >= 0.6 is 0 Å². The van der Waals surface area contributed by atoms with Gasteiger partial charge in [0, 0.05) is 24.2 Å². The van der Waals surface area contributed by atoms with Crippen LogP contribution in [0, 0.1) is 5.92 Å². The van der Waals surface area contributed by atoms with Gasteiger partial charge in [-0.2, -0.15) is 8.78 Å². The summed E-state index contributed by atoms with van der Waals surface area (Å²) in [6.45, 7) is -0.764. The fraction of sp³-hybridized carbons (Fsp3) is 0.412. The lowest BCUT2D eigenvalue weighted by molar-refractivity contribution is -0.133. The Hall–Kier alpha value is -2.44. The molecular formula is C17H20F2N2O3. The minimum Gasteiger partial charge on any atom is -0.434 e. The molecule has 0 aromatic heterocycles. The van der Waals surface area contributed by atoms with E-state index in [0.717, 1.165) is 0 Å². The van der Waals surface area contributed by atoms with Gasteiger partial charge >= 0.3 is 6.61 Å². The number of nitrogens with two attached hydrogens (primary N) is 1. The van der Waals surface area contributed by atoms with Gasteiger partial charge in [-0.15, -0.1) is 0 Å². The summed E-state index contributed by atoms with van der Waals surface area (Å²) in [4.78, 5) is 25.3. The van der Waals surface area contributed by atoms with E-state index in [1.165, 1.54) is 18.2 Å². The van der Waals surface area contributed by atoms with Crippen molar-refractivity contribution in [3.63, 3.8) is 0 Å². The molecule has 2 N–H and O–H groups in total. The molecule has 24 heavy (non-hydrogen) atoms. The summed E-state index contributed by atoms with van der Waals surface area (Å²) in [5, 5.41) is 0. The molecule has 1 saturated heterocycles. The zero-order chi connectivity index (χ0) is 17.7. The number of nitrogens with zero attached hydrogens (tertiary/aromatic N) is 1. The van der Waals surface area contributed by atoms with Crippen LogP contribution < -0.4 is 10.5 Å². The van der Waals surface area contributed by atoms with Crippen molar-refractivity contribution in [1.29, 1.82) is 0 Å². The molecule has 0 unspecified atom stereocenters. The lowest BCUT2D eigenvalue weighted by atomic mass is 9.93. The number of likely N-dealkylation sites (tertiary alicyclic amines) is 1. The van der Waals surface area contributed by atoms with Gasteiger partial charge in [0.2, 0.25) is 11.8 Å². The maximum absolute atomic E-state index is 12.4. The van der Waals surface area contributed by atoms with E-state index in [1.807, 2.05) is 6.92 Å². The van der Waals surface area contributed by atoms with E-state index in [9.17, 15) is 18.4 Å². The van der Waals surface area contributed by atoms with Crippen LogP contribution in [0.25, 0.3) is 6.08 Å². The number of carbonyl (C=O) groups is 2. The van der Waals surface area contributed by atoms with Gasteiger partial charge in [0.1, 0.15) is 5.75 Å². The number of rotatable bonds is 5. The number of benzene rings is 1. The van der Waals surface area contributed by atoms with Gasteiger partial charge in [-0.1, -0.05) is 18.2 Å². The topological polar surface area (TPSA) is 72.6 Å². The van der Waals surface area contributed by atoms with Crippen LogP contribution in [0.4, 0.5) is 8.78 Å². The molecule has 0 aliphatic carbocycles. The van der Waals surface area contributed by atoms with Crippen molar-refractivity contribution in [2.24, 2.45) is 11.7 Å². The first-order valence-corrected chi connectivity index (χ1v) is 7.70. The van der Waals surface area contributed by atoms with Gasteiger partial charge < -0.3 is 15.4 Å². The van der Waals surface area contributed by atoms with E-state index in [-0.39, 0.29) is 30.2 Å².